The van der Waals surface area contributed by atoms with Crippen molar-refractivity contribution in [2.75, 3.05) is 26.7 Å². The third-order valence-electron chi connectivity index (χ3n) is 3.20. The summed E-state index contributed by atoms with van der Waals surface area (Å²) in [6.45, 7) is 7.49. The Morgan fingerprint density at radius 2 is 2.24 bits per heavy atom. The van der Waals surface area contributed by atoms with Crippen LogP contribution in [0.2, 0.25) is 0 Å². The molecule has 116 valence electrons. The van der Waals surface area contributed by atoms with Crippen LogP contribution < -0.4 is 10.1 Å². The lowest BCUT2D eigenvalue weighted by Gasteiger charge is -2.35. The van der Waals surface area contributed by atoms with E-state index in [1.54, 1.807) is 18.2 Å². The van der Waals surface area contributed by atoms with Gasteiger partial charge < -0.3 is 19.7 Å². The topological polar surface area (TPSA) is 63.7 Å². The molecule has 2 rings (SSSR count). The van der Waals surface area contributed by atoms with Crippen molar-refractivity contribution >= 4 is 6.09 Å². The number of nitrogens with one attached hydrogen (secondary N) is 1. The molecule has 1 unspecified atom stereocenters. The van der Waals surface area contributed by atoms with Crippen LogP contribution in [-0.4, -0.2) is 48.3 Å². The van der Waals surface area contributed by atoms with Gasteiger partial charge in [0.1, 0.15) is 5.60 Å². The largest absolute Gasteiger partial charge is 0.481 e. The Hall–Kier alpha value is -1.82. The van der Waals surface area contributed by atoms with E-state index in [4.69, 9.17) is 9.47 Å². The van der Waals surface area contributed by atoms with Crippen LogP contribution in [0.15, 0.2) is 18.3 Å². The Bertz CT molecular complexity index is 499. The van der Waals surface area contributed by atoms with E-state index >= 15 is 0 Å². The summed E-state index contributed by atoms with van der Waals surface area (Å²) in [5.41, 5.74) is 0.469. The number of aromatic nitrogens is 1. The second-order valence-corrected chi connectivity index (χ2v) is 6.03. The highest BCUT2D eigenvalue weighted by Gasteiger charge is 2.29. The van der Waals surface area contributed by atoms with Gasteiger partial charge in [0.25, 0.3) is 0 Å². The Balaban J connectivity index is 2.09. The summed E-state index contributed by atoms with van der Waals surface area (Å²) in [6.07, 6.45) is 1.41. The monoisotopic (exact) mass is 293 g/mol. The Morgan fingerprint density at radius 1 is 1.48 bits per heavy atom. The van der Waals surface area contributed by atoms with E-state index in [9.17, 15) is 4.79 Å². The third kappa shape index (κ3) is 4.07. The second-order valence-electron chi connectivity index (χ2n) is 6.03. The zero-order valence-corrected chi connectivity index (χ0v) is 13.0. The Labute approximate surface area is 125 Å². The first-order valence-electron chi connectivity index (χ1n) is 7.11. The number of rotatable bonds is 2. The smallest absolute Gasteiger partial charge is 0.410 e. The van der Waals surface area contributed by atoms with E-state index in [2.05, 4.69) is 10.3 Å². The molecule has 0 spiro atoms. The Kier molecular flexibility index (Phi) is 4.67. The van der Waals surface area contributed by atoms with Crippen molar-refractivity contribution in [3.05, 3.63) is 23.9 Å². The van der Waals surface area contributed by atoms with E-state index in [1.165, 1.54) is 0 Å². The van der Waals surface area contributed by atoms with Crippen molar-refractivity contribution in [2.24, 2.45) is 0 Å². The zero-order chi connectivity index (χ0) is 15.5. The number of hydrogen-bond donors (Lipinski definition) is 1. The molecule has 2 heterocycles. The zero-order valence-electron chi connectivity index (χ0n) is 13.0. The molecule has 0 bridgehead atoms. The minimum Gasteiger partial charge on any atom is -0.481 e. The normalized spacial score (nSPS) is 19.2. The number of ether oxygens (including phenoxy) is 2. The summed E-state index contributed by atoms with van der Waals surface area (Å²) >= 11 is 0. The molecule has 0 aromatic carbocycles. The molecule has 21 heavy (non-hydrogen) atoms. The molecule has 1 aliphatic heterocycles. The molecule has 1 aliphatic rings. The molecule has 1 amide bonds. The molecule has 0 radical (unpaired) electrons. The van der Waals surface area contributed by atoms with E-state index < -0.39 is 5.60 Å². The standard InChI is InChI=1S/C15H23N3O3/c1-15(2,3)21-14(19)18-9-8-16-12(10-18)11-6-5-7-17-13(11)20-4/h5-7,12,16H,8-10H2,1-4H3. The molecular weight excluding hydrogens is 270 g/mol. The molecule has 1 aromatic rings. The highest BCUT2D eigenvalue weighted by molar-refractivity contribution is 5.68. The first-order valence-corrected chi connectivity index (χ1v) is 7.11. The first kappa shape index (κ1) is 15.6. The molecule has 1 atom stereocenters. The number of amides is 1. The quantitative estimate of drug-likeness (QED) is 0.903. The summed E-state index contributed by atoms with van der Waals surface area (Å²) in [5, 5.41) is 3.39. The first-order chi connectivity index (χ1) is 9.90. The SMILES string of the molecule is COc1ncccc1C1CN(C(=O)OC(C)(C)C)CCN1. The lowest BCUT2D eigenvalue weighted by molar-refractivity contribution is 0.0194. The molecular formula is C15H23N3O3. The number of nitrogens with zero attached hydrogens (tertiary/aromatic N) is 2. The minimum absolute atomic E-state index is 0.00471. The van der Waals surface area contributed by atoms with Gasteiger partial charge in [-0.25, -0.2) is 9.78 Å². The van der Waals surface area contributed by atoms with Crippen LogP contribution in [0.25, 0.3) is 0 Å². The van der Waals surface area contributed by atoms with Crippen molar-refractivity contribution < 1.29 is 14.3 Å². The maximum absolute atomic E-state index is 12.2. The van der Waals surface area contributed by atoms with Gasteiger partial charge in [0.15, 0.2) is 0 Å². The molecule has 6 heteroatoms. The van der Waals surface area contributed by atoms with Crippen molar-refractivity contribution in [3.63, 3.8) is 0 Å². The molecule has 1 aromatic heterocycles. The van der Waals surface area contributed by atoms with Crippen LogP contribution in [0.1, 0.15) is 32.4 Å². The van der Waals surface area contributed by atoms with E-state index in [0.717, 1.165) is 5.56 Å². The molecule has 1 fully saturated rings. The van der Waals surface area contributed by atoms with Crippen molar-refractivity contribution in [2.45, 2.75) is 32.4 Å². The van der Waals surface area contributed by atoms with Crippen LogP contribution >= 0.6 is 0 Å². The van der Waals surface area contributed by atoms with Crippen LogP contribution in [0.5, 0.6) is 5.88 Å². The van der Waals surface area contributed by atoms with Crippen molar-refractivity contribution in [3.8, 4) is 5.88 Å². The average molecular weight is 293 g/mol. The van der Waals surface area contributed by atoms with Gasteiger partial charge >= 0.3 is 6.09 Å². The van der Waals surface area contributed by atoms with Crippen LogP contribution in [0.3, 0.4) is 0 Å². The van der Waals surface area contributed by atoms with Gasteiger partial charge in [-0.1, -0.05) is 6.07 Å². The van der Waals surface area contributed by atoms with Crippen LogP contribution in [0.4, 0.5) is 4.79 Å². The van der Waals surface area contributed by atoms with Gasteiger partial charge in [0.05, 0.1) is 13.2 Å². The molecule has 1 saturated heterocycles. The van der Waals surface area contributed by atoms with E-state index in [1.807, 2.05) is 32.9 Å². The van der Waals surface area contributed by atoms with Crippen LogP contribution in [-0.2, 0) is 4.74 Å². The fourth-order valence-corrected chi connectivity index (χ4v) is 2.29. The van der Waals surface area contributed by atoms with Gasteiger partial charge in [-0.15, -0.1) is 0 Å². The molecule has 0 saturated carbocycles. The summed E-state index contributed by atoms with van der Waals surface area (Å²) < 4.78 is 10.7. The number of piperazine rings is 1. The maximum atomic E-state index is 12.2. The summed E-state index contributed by atoms with van der Waals surface area (Å²) in [6, 6.07) is 3.82. The van der Waals surface area contributed by atoms with E-state index in [-0.39, 0.29) is 12.1 Å². The lowest BCUT2D eigenvalue weighted by Crippen LogP contribution is -2.49. The van der Waals surface area contributed by atoms with Crippen LogP contribution in [0, 0.1) is 0 Å². The molecule has 6 nitrogen and oxygen atoms in total. The van der Waals surface area contributed by atoms with Crippen molar-refractivity contribution in [1.82, 2.24) is 15.2 Å². The summed E-state index contributed by atoms with van der Waals surface area (Å²) in [5.74, 6) is 0.584. The van der Waals surface area contributed by atoms with Gasteiger partial charge in [0, 0.05) is 31.4 Å². The minimum atomic E-state index is -0.483. The number of pyridine rings is 1. The highest BCUT2D eigenvalue weighted by atomic mass is 16.6. The van der Waals surface area contributed by atoms with E-state index in [0.29, 0.717) is 25.5 Å². The average Bonchev–Trinajstić information content (AvgIpc) is 2.45. The second kappa shape index (κ2) is 6.30. The predicted octanol–water partition coefficient (Wildman–Crippen LogP) is 1.97. The number of carbonyl (C=O) groups excluding carboxylic acids is 1. The van der Waals surface area contributed by atoms with Gasteiger partial charge in [0.2, 0.25) is 5.88 Å². The summed E-state index contributed by atoms with van der Waals surface area (Å²) in [7, 11) is 1.60. The lowest BCUT2D eigenvalue weighted by atomic mass is 10.1. The number of methoxy groups -OCH3 is 1. The Morgan fingerprint density at radius 3 is 2.90 bits per heavy atom. The highest BCUT2D eigenvalue weighted by Crippen LogP contribution is 2.25. The van der Waals surface area contributed by atoms with Gasteiger partial charge in [-0.3, -0.25) is 0 Å². The molecule has 0 aliphatic carbocycles. The fourth-order valence-electron chi connectivity index (χ4n) is 2.29. The summed E-state index contributed by atoms with van der Waals surface area (Å²) in [4.78, 5) is 18.1. The fraction of sp³-hybridized carbons (Fsp3) is 0.600. The maximum Gasteiger partial charge on any atom is 0.410 e. The van der Waals surface area contributed by atoms with Crippen molar-refractivity contribution in [1.29, 1.82) is 0 Å². The third-order valence-corrected chi connectivity index (χ3v) is 3.20. The van der Waals surface area contributed by atoms with Gasteiger partial charge in [-0.2, -0.15) is 0 Å². The predicted molar refractivity (Wildman–Crippen MR) is 79.3 cm³/mol. The number of hydrogen-bond acceptors (Lipinski definition) is 5. The molecule has 1 N–H and O–H groups in total. The number of carbonyl (C=O) groups is 1. The van der Waals surface area contributed by atoms with Gasteiger partial charge in [-0.05, 0) is 26.8 Å².